The van der Waals surface area contributed by atoms with Crippen LogP contribution in [-0.2, 0) is 0 Å². The van der Waals surface area contributed by atoms with Crippen molar-refractivity contribution in [3.8, 4) is 28.7 Å². The van der Waals surface area contributed by atoms with Crippen molar-refractivity contribution in [1.82, 2.24) is 23.7 Å². The van der Waals surface area contributed by atoms with E-state index < -0.39 is 0 Å². The zero-order valence-electron chi connectivity index (χ0n) is 33.0. The van der Waals surface area contributed by atoms with Gasteiger partial charge in [0.2, 0.25) is 5.95 Å². The van der Waals surface area contributed by atoms with E-state index in [0.717, 1.165) is 82.2 Å². The quantitative estimate of drug-likeness (QED) is 0.187. The molecule has 11 rings (SSSR count). The maximum absolute atomic E-state index is 8.48. The Hall–Kier alpha value is -6.98. The molecule has 11 aromatic rings. The highest BCUT2D eigenvalue weighted by molar-refractivity contribution is 6.11. The molecule has 0 aliphatic carbocycles. The minimum Gasteiger partial charge on any atom is -0.309 e. The summed E-state index contributed by atoms with van der Waals surface area (Å²) < 4.78 is 48.7. The molecule has 0 unspecified atom stereocenters. The molecule has 0 N–H and O–H groups in total. The van der Waals surface area contributed by atoms with Crippen LogP contribution >= 0.6 is 0 Å². The average Bonchev–Trinajstić information content (AvgIpc) is 3.81. The van der Waals surface area contributed by atoms with E-state index in [1.807, 2.05) is 89.5 Å². The lowest BCUT2D eigenvalue weighted by molar-refractivity contribution is 0.951. The monoisotopic (exact) mass is 670 g/mol. The maximum atomic E-state index is 8.48. The first-order valence-electron chi connectivity index (χ1n) is 19.7. The number of benzene rings is 7. The van der Waals surface area contributed by atoms with Gasteiger partial charge in [0.05, 0.1) is 51.3 Å². The maximum Gasteiger partial charge on any atom is 0.237 e. The smallest absolute Gasteiger partial charge is 0.237 e. The molecule has 0 atom stereocenters. The van der Waals surface area contributed by atoms with Crippen LogP contribution in [0.2, 0.25) is 0 Å². The summed E-state index contributed by atoms with van der Waals surface area (Å²) in [6.07, 6.45) is 0. The van der Waals surface area contributed by atoms with Crippen molar-refractivity contribution in [3.63, 3.8) is 0 Å². The molecule has 0 fully saturated rings. The number of rotatable bonds is 4. The van der Waals surface area contributed by atoms with Gasteiger partial charge in [-0.05, 0) is 55.5 Å². The van der Waals surface area contributed by atoms with Gasteiger partial charge in [-0.3, -0.25) is 9.13 Å². The molecule has 244 valence electrons. The van der Waals surface area contributed by atoms with Crippen LogP contribution in [0.5, 0.6) is 0 Å². The summed E-state index contributed by atoms with van der Waals surface area (Å²) in [5.41, 5.74) is 8.89. The zero-order chi connectivity index (χ0) is 38.7. The van der Waals surface area contributed by atoms with Crippen LogP contribution in [0.25, 0.3) is 94.1 Å². The van der Waals surface area contributed by atoms with E-state index in [0.29, 0.717) is 47.7 Å². The highest BCUT2D eigenvalue weighted by atomic mass is 15.2. The number of hydrogen-bond acceptors (Lipinski definition) is 2. The van der Waals surface area contributed by atoms with E-state index in [9.17, 15) is 0 Å². The van der Waals surface area contributed by atoms with E-state index in [1.54, 1.807) is 24.3 Å². The van der Waals surface area contributed by atoms with Crippen molar-refractivity contribution in [2.45, 2.75) is 6.92 Å². The van der Waals surface area contributed by atoms with Crippen molar-refractivity contribution >= 4 is 65.4 Å². The van der Waals surface area contributed by atoms with Gasteiger partial charge >= 0.3 is 0 Å². The normalized spacial score (nSPS) is 13.3. The summed E-state index contributed by atoms with van der Waals surface area (Å²) in [5, 5.41) is 5.44. The molecule has 0 spiro atoms. The highest BCUT2D eigenvalue weighted by Gasteiger charge is 2.21. The van der Waals surface area contributed by atoms with Gasteiger partial charge in [-0.25, -0.2) is 4.98 Å². The molecule has 52 heavy (non-hydrogen) atoms. The Kier molecular flexibility index (Phi) is 5.13. The Balaban J connectivity index is 1.27. The minimum absolute atomic E-state index is 0.368. The molecule has 0 saturated heterocycles. The number of fused-ring (bicyclic) bond motifs is 9. The first-order valence-corrected chi connectivity index (χ1v) is 17.2. The topological polar surface area (TPSA) is 40.6 Å². The van der Waals surface area contributed by atoms with Gasteiger partial charge in [0, 0.05) is 43.9 Å². The molecule has 5 heteroatoms. The summed E-state index contributed by atoms with van der Waals surface area (Å²) in [4.78, 5) is 10.7. The van der Waals surface area contributed by atoms with Crippen LogP contribution in [0.4, 0.5) is 0 Å². The SMILES string of the molecule is [2H]c1ccc2c(c1)c1cc([2H])ccc1n2-c1cc(-c2ccccc2-n2c3ccc([2H])cc3c3cc(C)ccc32)nc(-n2c3ccc([2H])cc3c3cc([2H])ccc32)n1. The molecule has 0 saturated carbocycles. The second-order valence-electron chi connectivity index (χ2n) is 13.2. The fraction of sp³-hybridized carbons (Fsp3) is 0.0213. The molecular weight excluding hydrogens is 635 g/mol. The summed E-state index contributed by atoms with van der Waals surface area (Å²) in [6.45, 7) is 2.08. The van der Waals surface area contributed by atoms with E-state index >= 15 is 0 Å². The predicted octanol–water partition coefficient (Wildman–Crippen LogP) is 11.7. The second kappa shape index (κ2) is 11.0. The van der Waals surface area contributed by atoms with E-state index in [2.05, 4.69) is 46.4 Å². The van der Waals surface area contributed by atoms with E-state index in [4.69, 9.17) is 16.8 Å². The Morgan fingerprint density at radius 3 is 1.48 bits per heavy atom. The number of nitrogens with zero attached hydrogens (tertiary/aromatic N) is 5. The molecule has 0 aliphatic heterocycles. The first-order chi connectivity index (χ1) is 27.7. The zero-order valence-corrected chi connectivity index (χ0v) is 28.0. The largest absolute Gasteiger partial charge is 0.309 e. The van der Waals surface area contributed by atoms with Crippen LogP contribution in [0, 0.1) is 6.92 Å². The molecular formula is C47H31N5. The summed E-state index contributed by atoms with van der Waals surface area (Å²) in [6, 6.07) is 46.4. The third-order valence-electron chi connectivity index (χ3n) is 10.2. The fourth-order valence-electron chi connectivity index (χ4n) is 8.00. The van der Waals surface area contributed by atoms with Crippen LogP contribution < -0.4 is 0 Å². The van der Waals surface area contributed by atoms with Crippen molar-refractivity contribution in [2.75, 3.05) is 0 Å². The lowest BCUT2D eigenvalue weighted by Crippen LogP contribution is -2.08. The van der Waals surface area contributed by atoms with Crippen LogP contribution in [0.3, 0.4) is 0 Å². The van der Waals surface area contributed by atoms with E-state index in [-0.39, 0.29) is 0 Å². The third-order valence-corrected chi connectivity index (χ3v) is 10.2. The van der Waals surface area contributed by atoms with Crippen molar-refractivity contribution < 1.29 is 6.85 Å². The van der Waals surface area contributed by atoms with Crippen LogP contribution in [0.1, 0.15) is 12.4 Å². The standard InChI is InChI=1S/C47H31N5/c1-30-26-27-45-37(28-30)35-18-6-8-20-39(35)50(45)44-25-13-7-19-36(44)38-29-46(51-40-21-9-2-14-31(40)32-15-3-10-22-41(32)51)49-47(48-38)52-42-23-11-4-16-33(42)34-17-5-12-24-43(34)52/h2-29H,1H3/i2D,3D,4D,5D,6D. The van der Waals surface area contributed by atoms with Gasteiger partial charge in [0.25, 0.3) is 0 Å². The van der Waals surface area contributed by atoms with Gasteiger partial charge in [-0.15, -0.1) is 0 Å². The van der Waals surface area contributed by atoms with Gasteiger partial charge in [0.1, 0.15) is 5.82 Å². The van der Waals surface area contributed by atoms with E-state index in [1.165, 1.54) is 0 Å². The van der Waals surface area contributed by atoms with Crippen molar-refractivity contribution in [3.05, 3.63) is 175 Å². The Morgan fingerprint density at radius 2 is 0.904 bits per heavy atom. The van der Waals surface area contributed by atoms with Gasteiger partial charge in [0.15, 0.2) is 0 Å². The van der Waals surface area contributed by atoms with Gasteiger partial charge < -0.3 is 4.57 Å². The molecule has 0 radical (unpaired) electrons. The Morgan fingerprint density at radius 1 is 0.423 bits per heavy atom. The lowest BCUT2D eigenvalue weighted by atomic mass is 10.1. The summed E-state index contributed by atoms with van der Waals surface area (Å²) in [5.74, 6) is 1.01. The van der Waals surface area contributed by atoms with Gasteiger partial charge in [-0.1, -0.05) is 121 Å². The third kappa shape index (κ3) is 4.11. The second-order valence-corrected chi connectivity index (χ2v) is 13.2. The first kappa shape index (κ1) is 24.2. The van der Waals surface area contributed by atoms with Crippen molar-refractivity contribution in [1.29, 1.82) is 0 Å². The lowest BCUT2D eigenvalue weighted by Gasteiger charge is -2.17. The Bertz CT molecular complexity index is 3180. The minimum atomic E-state index is 0.368. The number of para-hydroxylation sites is 6. The predicted molar refractivity (Wildman–Crippen MR) is 215 cm³/mol. The molecule has 5 nitrogen and oxygen atoms in total. The highest BCUT2D eigenvalue weighted by Crippen LogP contribution is 2.39. The van der Waals surface area contributed by atoms with Crippen LogP contribution in [0.15, 0.2) is 170 Å². The number of aromatic nitrogens is 5. The Labute approximate surface area is 306 Å². The summed E-state index contributed by atoms with van der Waals surface area (Å²) >= 11 is 0. The molecule has 7 aromatic carbocycles. The molecule has 0 aliphatic rings. The number of hydrogen-bond donors (Lipinski definition) is 0. The summed E-state index contributed by atoms with van der Waals surface area (Å²) in [7, 11) is 0. The van der Waals surface area contributed by atoms with Gasteiger partial charge in [-0.2, -0.15) is 4.98 Å². The average molecular weight is 671 g/mol. The van der Waals surface area contributed by atoms with Crippen molar-refractivity contribution in [2.24, 2.45) is 0 Å². The molecule has 4 aromatic heterocycles. The molecule has 0 amide bonds. The number of aryl methyl sites for hydroxylation is 1. The fourth-order valence-corrected chi connectivity index (χ4v) is 8.00. The molecule has 4 heterocycles. The van der Waals surface area contributed by atoms with Crippen LogP contribution in [-0.4, -0.2) is 23.7 Å². The molecule has 0 bridgehead atoms.